The Kier molecular flexibility index (Phi) is 2.83. The van der Waals surface area contributed by atoms with Crippen LogP contribution in [0.2, 0.25) is 0 Å². The van der Waals surface area contributed by atoms with Gasteiger partial charge >= 0.3 is 6.03 Å². The van der Waals surface area contributed by atoms with E-state index in [0.29, 0.717) is 18.8 Å². The maximum atomic E-state index is 11.7. The molecule has 0 saturated heterocycles. The first-order valence-corrected chi connectivity index (χ1v) is 5.45. The Labute approximate surface area is 100 Å². The summed E-state index contributed by atoms with van der Waals surface area (Å²) in [5.41, 5.74) is 1.88. The van der Waals surface area contributed by atoms with Crippen LogP contribution in [0.15, 0.2) is 12.3 Å². The van der Waals surface area contributed by atoms with Crippen molar-refractivity contribution in [3.63, 3.8) is 0 Å². The molecule has 2 rings (SSSR count). The second-order valence-electron chi connectivity index (χ2n) is 4.40. The molecular formula is C12H15N3O2. The predicted molar refractivity (Wildman–Crippen MR) is 63.9 cm³/mol. The molecule has 5 heteroatoms. The molecule has 0 radical (unpaired) electrons. The van der Waals surface area contributed by atoms with E-state index in [1.165, 1.54) is 4.90 Å². The van der Waals surface area contributed by atoms with Crippen molar-refractivity contribution in [2.45, 2.75) is 19.9 Å². The van der Waals surface area contributed by atoms with Gasteiger partial charge in [-0.05, 0) is 18.6 Å². The smallest absolute Gasteiger partial charge is 0.323 e. The number of pyridine rings is 1. The minimum atomic E-state index is -0.0654. The second kappa shape index (κ2) is 4.16. The minimum Gasteiger partial charge on any atom is -0.323 e. The lowest BCUT2D eigenvalue weighted by molar-refractivity contribution is -0.116. The van der Waals surface area contributed by atoms with Crippen molar-refractivity contribution in [3.8, 4) is 0 Å². The number of nitrogens with zero attached hydrogens (tertiary/aromatic N) is 3. The first kappa shape index (κ1) is 11.6. The summed E-state index contributed by atoms with van der Waals surface area (Å²) in [5, 5.41) is 0. The van der Waals surface area contributed by atoms with Gasteiger partial charge in [0.15, 0.2) is 0 Å². The van der Waals surface area contributed by atoms with E-state index >= 15 is 0 Å². The summed E-state index contributed by atoms with van der Waals surface area (Å²) in [5.74, 6) is 0.792. The number of anilines is 1. The SMILES string of the molecule is CC(=O)Cc1cnc2c(c1)CN(C)C(=O)N2C. The Balaban J connectivity index is 2.36. The molecule has 1 aliphatic rings. The summed E-state index contributed by atoms with van der Waals surface area (Å²) in [7, 11) is 3.45. The van der Waals surface area contributed by atoms with E-state index < -0.39 is 0 Å². The van der Waals surface area contributed by atoms with E-state index in [1.807, 2.05) is 6.07 Å². The molecule has 5 nitrogen and oxygen atoms in total. The van der Waals surface area contributed by atoms with Gasteiger partial charge in [-0.15, -0.1) is 0 Å². The highest BCUT2D eigenvalue weighted by molar-refractivity contribution is 5.93. The third-order valence-corrected chi connectivity index (χ3v) is 2.79. The molecule has 2 heterocycles. The first-order chi connectivity index (χ1) is 7.99. The van der Waals surface area contributed by atoms with Crippen LogP contribution >= 0.6 is 0 Å². The standard InChI is InChI=1S/C12H15N3O2/c1-8(16)4-9-5-10-7-14(2)12(17)15(3)11(10)13-6-9/h5-6H,4,7H2,1-3H3. The van der Waals surface area contributed by atoms with Gasteiger partial charge in [0, 0.05) is 32.3 Å². The Hall–Kier alpha value is -1.91. The maximum Gasteiger partial charge on any atom is 0.325 e. The van der Waals surface area contributed by atoms with E-state index in [9.17, 15) is 9.59 Å². The molecule has 0 bridgehead atoms. The van der Waals surface area contributed by atoms with Crippen molar-refractivity contribution < 1.29 is 9.59 Å². The molecule has 17 heavy (non-hydrogen) atoms. The summed E-state index contributed by atoms with van der Waals surface area (Å²) in [6.45, 7) is 2.10. The lowest BCUT2D eigenvalue weighted by atomic mass is 10.1. The Morgan fingerprint density at radius 2 is 2.18 bits per heavy atom. The van der Waals surface area contributed by atoms with Crippen LogP contribution in [0, 0.1) is 0 Å². The van der Waals surface area contributed by atoms with Gasteiger partial charge in [-0.1, -0.05) is 0 Å². The first-order valence-electron chi connectivity index (χ1n) is 5.45. The predicted octanol–water partition coefficient (Wildman–Crippen LogP) is 1.21. The van der Waals surface area contributed by atoms with Gasteiger partial charge in [0.1, 0.15) is 11.6 Å². The third-order valence-electron chi connectivity index (χ3n) is 2.79. The normalized spacial score (nSPS) is 14.9. The topological polar surface area (TPSA) is 53.5 Å². The maximum absolute atomic E-state index is 11.7. The van der Waals surface area contributed by atoms with Crippen molar-refractivity contribution in [1.29, 1.82) is 0 Å². The molecule has 0 unspecified atom stereocenters. The fourth-order valence-electron chi connectivity index (χ4n) is 2.02. The van der Waals surface area contributed by atoms with Crippen LogP contribution in [0.5, 0.6) is 0 Å². The molecule has 0 aromatic carbocycles. The molecule has 0 saturated carbocycles. The highest BCUT2D eigenvalue weighted by atomic mass is 16.2. The van der Waals surface area contributed by atoms with Crippen LogP contribution in [-0.4, -0.2) is 35.8 Å². The Bertz CT molecular complexity index is 485. The highest BCUT2D eigenvalue weighted by Gasteiger charge is 2.26. The monoisotopic (exact) mass is 233 g/mol. The number of hydrogen-bond donors (Lipinski definition) is 0. The van der Waals surface area contributed by atoms with E-state index in [2.05, 4.69) is 4.98 Å². The summed E-state index contributed by atoms with van der Waals surface area (Å²) >= 11 is 0. The van der Waals surface area contributed by atoms with E-state index in [-0.39, 0.29) is 11.8 Å². The number of rotatable bonds is 2. The number of carbonyl (C=O) groups is 2. The zero-order chi connectivity index (χ0) is 12.6. The fourth-order valence-corrected chi connectivity index (χ4v) is 2.02. The van der Waals surface area contributed by atoms with Gasteiger partial charge in [-0.25, -0.2) is 9.78 Å². The zero-order valence-electron chi connectivity index (χ0n) is 10.2. The average Bonchev–Trinajstić information content (AvgIpc) is 2.25. The molecule has 0 N–H and O–H groups in total. The van der Waals surface area contributed by atoms with Gasteiger partial charge in [0.05, 0.1) is 6.54 Å². The average molecular weight is 233 g/mol. The fraction of sp³-hybridized carbons (Fsp3) is 0.417. The lowest BCUT2D eigenvalue weighted by Crippen LogP contribution is -2.43. The number of Topliss-reactive ketones (excluding diaryl/α,β-unsaturated/α-hetero) is 1. The molecular weight excluding hydrogens is 218 g/mol. The lowest BCUT2D eigenvalue weighted by Gasteiger charge is -2.31. The van der Waals surface area contributed by atoms with Crippen molar-refractivity contribution in [1.82, 2.24) is 9.88 Å². The summed E-state index contributed by atoms with van der Waals surface area (Å²) < 4.78 is 0. The molecule has 0 atom stereocenters. The number of aromatic nitrogens is 1. The second-order valence-corrected chi connectivity index (χ2v) is 4.40. The number of ketones is 1. The summed E-state index contributed by atoms with van der Waals surface area (Å²) in [4.78, 5) is 30.2. The van der Waals surface area contributed by atoms with Crippen LogP contribution in [0.4, 0.5) is 10.6 Å². The van der Waals surface area contributed by atoms with E-state index in [1.54, 1.807) is 32.1 Å². The van der Waals surface area contributed by atoms with Crippen LogP contribution in [0.1, 0.15) is 18.1 Å². The number of fused-ring (bicyclic) bond motifs is 1. The van der Waals surface area contributed by atoms with Gasteiger partial charge in [-0.2, -0.15) is 0 Å². The number of carbonyl (C=O) groups excluding carboxylic acids is 2. The molecule has 0 fully saturated rings. The molecule has 1 aromatic rings. The number of amides is 2. The molecule has 0 aliphatic carbocycles. The Morgan fingerprint density at radius 1 is 1.47 bits per heavy atom. The molecule has 0 spiro atoms. The van der Waals surface area contributed by atoms with Gasteiger partial charge in [0.2, 0.25) is 0 Å². The number of urea groups is 1. The highest BCUT2D eigenvalue weighted by Crippen LogP contribution is 2.25. The van der Waals surface area contributed by atoms with E-state index in [4.69, 9.17) is 0 Å². The van der Waals surface area contributed by atoms with Crippen LogP contribution in [0.3, 0.4) is 0 Å². The van der Waals surface area contributed by atoms with Crippen molar-refractivity contribution in [2.24, 2.45) is 0 Å². The van der Waals surface area contributed by atoms with Crippen molar-refractivity contribution in [3.05, 3.63) is 23.4 Å². The van der Waals surface area contributed by atoms with Gasteiger partial charge < -0.3 is 4.90 Å². The van der Waals surface area contributed by atoms with Crippen molar-refractivity contribution in [2.75, 3.05) is 19.0 Å². The van der Waals surface area contributed by atoms with Crippen molar-refractivity contribution >= 4 is 17.6 Å². The molecule has 2 amide bonds. The van der Waals surface area contributed by atoms with Gasteiger partial charge in [0.25, 0.3) is 0 Å². The van der Waals surface area contributed by atoms with Gasteiger partial charge in [-0.3, -0.25) is 9.69 Å². The summed E-state index contributed by atoms with van der Waals surface area (Å²) in [6.07, 6.45) is 2.05. The largest absolute Gasteiger partial charge is 0.325 e. The molecule has 1 aromatic heterocycles. The van der Waals surface area contributed by atoms with Crippen LogP contribution in [0.25, 0.3) is 0 Å². The van der Waals surface area contributed by atoms with Crippen LogP contribution < -0.4 is 4.90 Å². The molecule has 1 aliphatic heterocycles. The third kappa shape index (κ3) is 2.13. The Morgan fingerprint density at radius 3 is 2.82 bits per heavy atom. The quantitative estimate of drug-likeness (QED) is 0.771. The zero-order valence-corrected chi connectivity index (χ0v) is 10.2. The minimum absolute atomic E-state index is 0.0654. The number of hydrogen-bond acceptors (Lipinski definition) is 3. The van der Waals surface area contributed by atoms with E-state index in [0.717, 1.165) is 11.1 Å². The molecule has 90 valence electrons. The summed E-state index contributed by atoms with van der Waals surface area (Å²) in [6, 6.07) is 1.88. The van der Waals surface area contributed by atoms with Crippen LogP contribution in [-0.2, 0) is 17.8 Å².